The minimum absolute atomic E-state index is 0.151. The molecular formula is C12H13N5O. The molecule has 6 heteroatoms. The van der Waals surface area contributed by atoms with Gasteiger partial charge in [0.25, 0.3) is 0 Å². The van der Waals surface area contributed by atoms with Gasteiger partial charge in [-0.1, -0.05) is 12.1 Å². The Hall–Kier alpha value is -2.34. The van der Waals surface area contributed by atoms with Gasteiger partial charge in [0.1, 0.15) is 11.6 Å². The van der Waals surface area contributed by atoms with Crippen molar-refractivity contribution in [1.29, 1.82) is 0 Å². The molecule has 0 unspecified atom stereocenters. The summed E-state index contributed by atoms with van der Waals surface area (Å²) in [6.45, 7) is 1.40. The summed E-state index contributed by atoms with van der Waals surface area (Å²) in [4.78, 5) is 8.56. The van der Waals surface area contributed by atoms with Crippen LogP contribution in [0, 0.1) is 0 Å². The molecule has 0 fully saturated rings. The van der Waals surface area contributed by atoms with Gasteiger partial charge < -0.3 is 21.5 Å². The molecule has 6 nitrogen and oxygen atoms in total. The van der Waals surface area contributed by atoms with Gasteiger partial charge in [0, 0.05) is 18.7 Å². The van der Waals surface area contributed by atoms with Crippen LogP contribution in [0.3, 0.4) is 0 Å². The SMILES string of the molecule is Nc1nc(Nc2ccccc2O)nc2c1CNC2. The van der Waals surface area contributed by atoms with Crippen molar-refractivity contribution >= 4 is 17.5 Å². The number of nitrogens with two attached hydrogens (primary N) is 1. The molecule has 1 aliphatic rings. The molecular weight excluding hydrogens is 230 g/mol. The van der Waals surface area contributed by atoms with Gasteiger partial charge in [0.15, 0.2) is 0 Å². The number of para-hydroxylation sites is 2. The number of hydrogen-bond acceptors (Lipinski definition) is 6. The van der Waals surface area contributed by atoms with Crippen LogP contribution in [0.4, 0.5) is 17.5 Å². The van der Waals surface area contributed by atoms with Crippen LogP contribution in [0.15, 0.2) is 24.3 Å². The van der Waals surface area contributed by atoms with Crippen LogP contribution in [0.25, 0.3) is 0 Å². The lowest BCUT2D eigenvalue weighted by atomic mass is 10.2. The molecule has 0 atom stereocenters. The number of fused-ring (bicyclic) bond motifs is 1. The molecule has 2 heterocycles. The average Bonchev–Trinajstić information content (AvgIpc) is 2.81. The maximum absolute atomic E-state index is 9.67. The molecule has 0 aliphatic carbocycles. The summed E-state index contributed by atoms with van der Waals surface area (Å²) in [7, 11) is 0. The third kappa shape index (κ3) is 1.82. The van der Waals surface area contributed by atoms with E-state index < -0.39 is 0 Å². The van der Waals surface area contributed by atoms with Crippen molar-refractivity contribution < 1.29 is 5.11 Å². The molecule has 0 saturated heterocycles. The summed E-state index contributed by atoms with van der Waals surface area (Å²) in [6, 6.07) is 6.92. The van der Waals surface area contributed by atoms with Gasteiger partial charge in [-0.2, -0.15) is 4.98 Å². The number of benzene rings is 1. The molecule has 1 aliphatic heterocycles. The van der Waals surface area contributed by atoms with Crippen LogP contribution in [-0.2, 0) is 13.1 Å². The fraction of sp³-hybridized carbons (Fsp3) is 0.167. The predicted molar refractivity (Wildman–Crippen MR) is 68.4 cm³/mol. The summed E-state index contributed by atoms with van der Waals surface area (Å²) in [5, 5.41) is 15.8. The number of rotatable bonds is 2. The predicted octanol–water partition coefficient (Wildman–Crippen LogP) is 1.11. The zero-order chi connectivity index (χ0) is 12.5. The topological polar surface area (TPSA) is 96.1 Å². The maximum Gasteiger partial charge on any atom is 0.229 e. The molecule has 0 bridgehead atoms. The van der Waals surface area contributed by atoms with E-state index in [2.05, 4.69) is 20.6 Å². The van der Waals surface area contributed by atoms with Gasteiger partial charge >= 0.3 is 0 Å². The highest BCUT2D eigenvalue weighted by Crippen LogP contribution is 2.26. The van der Waals surface area contributed by atoms with Gasteiger partial charge in [-0.3, -0.25) is 0 Å². The smallest absolute Gasteiger partial charge is 0.229 e. The normalized spacial score (nSPS) is 13.3. The third-order valence-corrected chi connectivity index (χ3v) is 2.87. The molecule has 1 aromatic carbocycles. The Bertz CT molecular complexity index is 599. The standard InChI is InChI=1S/C12H13N5O/c13-11-7-5-14-6-9(7)16-12(17-11)15-8-3-1-2-4-10(8)18/h1-4,14,18H,5-6H2,(H3,13,15,16,17). The minimum atomic E-state index is 0.151. The molecule has 0 spiro atoms. The van der Waals surface area contributed by atoms with Crippen LogP contribution in [-0.4, -0.2) is 15.1 Å². The number of hydrogen-bond donors (Lipinski definition) is 4. The number of phenolic OH excluding ortho intramolecular Hbond substituents is 1. The number of aromatic nitrogens is 2. The molecule has 92 valence electrons. The Morgan fingerprint density at radius 2 is 2.06 bits per heavy atom. The van der Waals surface area contributed by atoms with Gasteiger partial charge in [0.05, 0.1) is 11.4 Å². The lowest BCUT2D eigenvalue weighted by molar-refractivity contribution is 0.477. The van der Waals surface area contributed by atoms with E-state index in [1.807, 2.05) is 6.07 Å². The number of nitrogen functional groups attached to an aromatic ring is 1. The lowest BCUT2D eigenvalue weighted by Gasteiger charge is -2.09. The minimum Gasteiger partial charge on any atom is -0.506 e. The maximum atomic E-state index is 9.67. The van der Waals surface area contributed by atoms with Crippen molar-refractivity contribution in [2.75, 3.05) is 11.1 Å². The Kier molecular flexibility index (Phi) is 2.49. The van der Waals surface area contributed by atoms with Crippen LogP contribution in [0.2, 0.25) is 0 Å². The van der Waals surface area contributed by atoms with Crippen molar-refractivity contribution in [3.63, 3.8) is 0 Å². The molecule has 0 saturated carbocycles. The highest BCUT2D eigenvalue weighted by molar-refractivity contribution is 5.63. The third-order valence-electron chi connectivity index (χ3n) is 2.87. The second-order valence-electron chi connectivity index (χ2n) is 4.10. The largest absolute Gasteiger partial charge is 0.506 e. The highest BCUT2D eigenvalue weighted by atomic mass is 16.3. The number of nitrogens with zero attached hydrogens (tertiary/aromatic N) is 2. The monoisotopic (exact) mass is 243 g/mol. The molecule has 3 rings (SSSR count). The van der Waals surface area contributed by atoms with Gasteiger partial charge in [-0.25, -0.2) is 4.98 Å². The molecule has 5 N–H and O–H groups in total. The van der Waals surface area contributed by atoms with Gasteiger partial charge in [-0.05, 0) is 12.1 Å². The first kappa shape index (κ1) is 10.8. The number of aromatic hydroxyl groups is 1. The van der Waals surface area contributed by atoms with E-state index in [4.69, 9.17) is 5.73 Å². The lowest BCUT2D eigenvalue weighted by Crippen LogP contribution is -2.05. The fourth-order valence-corrected chi connectivity index (χ4v) is 1.95. The number of phenols is 1. The van der Waals surface area contributed by atoms with E-state index >= 15 is 0 Å². The van der Waals surface area contributed by atoms with E-state index in [0.29, 0.717) is 30.5 Å². The Morgan fingerprint density at radius 1 is 1.22 bits per heavy atom. The van der Waals surface area contributed by atoms with Crippen LogP contribution >= 0.6 is 0 Å². The van der Waals surface area contributed by atoms with Crippen molar-refractivity contribution in [2.24, 2.45) is 0 Å². The molecule has 1 aromatic heterocycles. The zero-order valence-corrected chi connectivity index (χ0v) is 9.64. The number of anilines is 3. The van der Waals surface area contributed by atoms with Gasteiger partial charge in [-0.15, -0.1) is 0 Å². The quantitative estimate of drug-likeness (QED) is 0.590. The van der Waals surface area contributed by atoms with E-state index in [9.17, 15) is 5.11 Å². The first-order valence-electron chi connectivity index (χ1n) is 5.65. The first-order chi connectivity index (χ1) is 8.74. The summed E-state index contributed by atoms with van der Waals surface area (Å²) in [6.07, 6.45) is 0. The van der Waals surface area contributed by atoms with Crippen LogP contribution in [0.1, 0.15) is 11.3 Å². The van der Waals surface area contributed by atoms with Gasteiger partial charge in [0.2, 0.25) is 5.95 Å². The van der Waals surface area contributed by atoms with Crippen molar-refractivity contribution in [3.05, 3.63) is 35.5 Å². The molecule has 2 aromatic rings. The first-order valence-corrected chi connectivity index (χ1v) is 5.65. The van der Waals surface area contributed by atoms with Crippen molar-refractivity contribution in [3.8, 4) is 5.75 Å². The molecule has 0 amide bonds. The molecule has 0 radical (unpaired) electrons. The summed E-state index contributed by atoms with van der Waals surface area (Å²) >= 11 is 0. The van der Waals surface area contributed by atoms with Crippen LogP contribution in [0.5, 0.6) is 5.75 Å². The zero-order valence-electron chi connectivity index (χ0n) is 9.64. The van der Waals surface area contributed by atoms with Crippen LogP contribution < -0.4 is 16.4 Å². The Morgan fingerprint density at radius 3 is 2.89 bits per heavy atom. The second kappa shape index (κ2) is 4.15. The van der Waals surface area contributed by atoms with E-state index in [1.165, 1.54) is 0 Å². The van der Waals surface area contributed by atoms with E-state index in [0.717, 1.165) is 11.3 Å². The molecule has 18 heavy (non-hydrogen) atoms. The summed E-state index contributed by atoms with van der Waals surface area (Å²) < 4.78 is 0. The fourth-order valence-electron chi connectivity index (χ4n) is 1.95. The summed E-state index contributed by atoms with van der Waals surface area (Å²) in [5.41, 5.74) is 8.29. The van der Waals surface area contributed by atoms with E-state index in [1.54, 1.807) is 18.2 Å². The van der Waals surface area contributed by atoms with Crippen molar-refractivity contribution in [1.82, 2.24) is 15.3 Å². The Labute approximate surface area is 104 Å². The Balaban J connectivity index is 1.95. The summed E-state index contributed by atoms with van der Waals surface area (Å²) in [5.74, 6) is 1.03. The second-order valence-corrected chi connectivity index (χ2v) is 4.10. The highest BCUT2D eigenvalue weighted by Gasteiger charge is 2.17. The van der Waals surface area contributed by atoms with Crippen molar-refractivity contribution in [2.45, 2.75) is 13.1 Å². The number of nitrogens with one attached hydrogen (secondary N) is 2. The van der Waals surface area contributed by atoms with E-state index in [-0.39, 0.29) is 5.75 Å². The average molecular weight is 243 g/mol.